The Kier molecular flexibility index (Phi) is 4.19. The Morgan fingerprint density at radius 3 is 2.70 bits per heavy atom. The van der Waals surface area contributed by atoms with Gasteiger partial charge >= 0.3 is 0 Å². The van der Waals surface area contributed by atoms with Gasteiger partial charge in [0.1, 0.15) is 0 Å². The van der Waals surface area contributed by atoms with E-state index >= 15 is 0 Å². The van der Waals surface area contributed by atoms with E-state index in [1.165, 1.54) is 0 Å². The number of para-hydroxylation sites is 2. The van der Waals surface area contributed by atoms with Crippen LogP contribution in [0.1, 0.15) is 11.1 Å². The summed E-state index contributed by atoms with van der Waals surface area (Å²) < 4.78 is 29.4. The van der Waals surface area contributed by atoms with Crippen LogP contribution in [-0.2, 0) is 16.6 Å². The zero-order chi connectivity index (χ0) is 16.4. The second kappa shape index (κ2) is 6.14. The van der Waals surface area contributed by atoms with Gasteiger partial charge < -0.3 is 4.57 Å². The van der Waals surface area contributed by atoms with E-state index in [1.54, 1.807) is 12.4 Å². The van der Waals surface area contributed by atoms with Crippen molar-refractivity contribution in [3.63, 3.8) is 0 Å². The van der Waals surface area contributed by atoms with Crippen LogP contribution in [0.15, 0.2) is 53.7 Å². The molecule has 1 heterocycles. The molecule has 0 radical (unpaired) electrons. The quantitative estimate of drug-likeness (QED) is 0.782. The maximum absolute atomic E-state index is 12.4. The molecule has 0 atom stereocenters. The molecule has 5 nitrogen and oxygen atoms in total. The Balaban J connectivity index is 1.72. The Hall–Kier alpha value is -2.18. The molecule has 0 spiro atoms. The molecule has 0 amide bonds. The lowest BCUT2D eigenvalue weighted by molar-refractivity contribution is 0.573. The average molecular weight is 329 g/mol. The summed E-state index contributed by atoms with van der Waals surface area (Å²) in [4.78, 5) is 4.63. The van der Waals surface area contributed by atoms with E-state index in [1.807, 2.05) is 54.8 Å². The lowest BCUT2D eigenvalue weighted by Gasteiger charge is -2.10. The molecule has 0 aliphatic heterocycles. The van der Waals surface area contributed by atoms with Gasteiger partial charge in [-0.15, -0.1) is 0 Å². The largest absolute Gasteiger partial charge is 0.329 e. The molecule has 0 unspecified atom stereocenters. The van der Waals surface area contributed by atoms with Gasteiger partial charge in [-0.1, -0.05) is 29.8 Å². The summed E-state index contributed by atoms with van der Waals surface area (Å²) in [5, 5.41) is 0. The van der Waals surface area contributed by atoms with Crippen LogP contribution in [0, 0.1) is 13.8 Å². The number of aromatic nitrogens is 2. The molecule has 0 aliphatic carbocycles. The van der Waals surface area contributed by atoms with Crippen molar-refractivity contribution in [2.45, 2.75) is 25.3 Å². The normalized spacial score (nSPS) is 11.9. The van der Waals surface area contributed by atoms with E-state index < -0.39 is 10.0 Å². The fourth-order valence-electron chi connectivity index (χ4n) is 2.67. The predicted octanol–water partition coefficient (Wildman–Crippen LogP) is 2.63. The number of rotatable bonds is 5. The Bertz CT molecular complexity index is 945. The number of benzene rings is 2. The second-order valence-electron chi connectivity index (χ2n) is 5.59. The smallest absolute Gasteiger partial charge is 0.240 e. The molecule has 2 aromatic carbocycles. The highest BCUT2D eigenvalue weighted by atomic mass is 32.2. The van der Waals surface area contributed by atoms with Crippen molar-refractivity contribution in [1.29, 1.82) is 0 Å². The molecule has 1 aromatic heterocycles. The number of sulfonamides is 1. The van der Waals surface area contributed by atoms with E-state index in [4.69, 9.17) is 0 Å². The molecule has 0 aliphatic rings. The van der Waals surface area contributed by atoms with Gasteiger partial charge in [0.05, 0.1) is 22.3 Å². The van der Waals surface area contributed by atoms with Crippen molar-refractivity contribution in [3.05, 3.63) is 59.9 Å². The molecule has 3 rings (SSSR count). The maximum atomic E-state index is 12.4. The third-order valence-corrected chi connectivity index (χ3v) is 5.41. The maximum Gasteiger partial charge on any atom is 0.240 e. The Morgan fingerprint density at radius 1 is 1.13 bits per heavy atom. The molecule has 1 N–H and O–H groups in total. The topological polar surface area (TPSA) is 64.0 Å². The second-order valence-corrected chi connectivity index (χ2v) is 7.33. The van der Waals surface area contributed by atoms with Crippen molar-refractivity contribution < 1.29 is 8.42 Å². The van der Waals surface area contributed by atoms with Gasteiger partial charge in [0.25, 0.3) is 0 Å². The number of hydrogen-bond acceptors (Lipinski definition) is 3. The highest BCUT2D eigenvalue weighted by molar-refractivity contribution is 7.89. The van der Waals surface area contributed by atoms with Gasteiger partial charge in [-0.05, 0) is 37.6 Å². The molecule has 3 aromatic rings. The van der Waals surface area contributed by atoms with Crippen molar-refractivity contribution >= 4 is 21.1 Å². The highest BCUT2D eigenvalue weighted by Gasteiger charge is 2.16. The van der Waals surface area contributed by atoms with E-state index in [0.29, 0.717) is 18.0 Å². The number of imidazole rings is 1. The number of hydrogen-bond donors (Lipinski definition) is 1. The van der Waals surface area contributed by atoms with E-state index in [9.17, 15) is 8.42 Å². The summed E-state index contributed by atoms with van der Waals surface area (Å²) in [7, 11) is -3.50. The first-order valence-electron chi connectivity index (χ1n) is 7.44. The Morgan fingerprint density at radius 2 is 1.91 bits per heavy atom. The first-order valence-corrected chi connectivity index (χ1v) is 8.92. The SMILES string of the molecule is Cc1ccc(S(=O)(=O)NCCn2cnc3ccccc32)c(C)c1. The molecular formula is C17H19N3O2S. The standard InChI is InChI=1S/C17H19N3O2S/c1-13-7-8-17(14(2)11-13)23(21,22)19-9-10-20-12-18-15-5-3-4-6-16(15)20/h3-8,11-12,19H,9-10H2,1-2H3. The van der Waals surface area contributed by atoms with Crippen LogP contribution in [-0.4, -0.2) is 24.5 Å². The summed E-state index contributed by atoms with van der Waals surface area (Å²) in [6.07, 6.45) is 1.73. The van der Waals surface area contributed by atoms with Gasteiger partial charge in [-0.2, -0.15) is 0 Å². The zero-order valence-corrected chi connectivity index (χ0v) is 14.0. The third kappa shape index (κ3) is 3.28. The first-order chi connectivity index (χ1) is 11.0. The molecule has 0 saturated heterocycles. The fraction of sp³-hybridized carbons (Fsp3) is 0.235. The molecule has 0 fully saturated rings. The van der Waals surface area contributed by atoms with Crippen molar-refractivity contribution in [1.82, 2.24) is 14.3 Å². The van der Waals surface area contributed by atoms with Gasteiger partial charge in [0, 0.05) is 13.1 Å². The summed E-state index contributed by atoms with van der Waals surface area (Å²) in [6, 6.07) is 13.1. The minimum absolute atomic E-state index is 0.315. The highest BCUT2D eigenvalue weighted by Crippen LogP contribution is 2.16. The molecule has 6 heteroatoms. The molecule has 23 heavy (non-hydrogen) atoms. The average Bonchev–Trinajstić information content (AvgIpc) is 2.90. The number of fused-ring (bicyclic) bond motifs is 1. The number of nitrogens with zero attached hydrogens (tertiary/aromatic N) is 2. The molecule has 0 bridgehead atoms. The summed E-state index contributed by atoms with van der Waals surface area (Å²) in [5.74, 6) is 0. The number of aryl methyl sites for hydroxylation is 2. The van der Waals surface area contributed by atoms with Crippen LogP contribution in [0.5, 0.6) is 0 Å². The van der Waals surface area contributed by atoms with E-state index in [2.05, 4.69) is 9.71 Å². The van der Waals surface area contributed by atoms with Crippen molar-refractivity contribution in [2.75, 3.05) is 6.54 Å². The van der Waals surface area contributed by atoms with Crippen molar-refractivity contribution in [2.24, 2.45) is 0 Å². The van der Waals surface area contributed by atoms with Crippen molar-refractivity contribution in [3.8, 4) is 0 Å². The van der Waals surface area contributed by atoms with Crippen LogP contribution in [0.4, 0.5) is 0 Å². The molecule has 120 valence electrons. The van der Waals surface area contributed by atoms with Crippen LogP contribution >= 0.6 is 0 Å². The summed E-state index contributed by atoms with van der Waals surface area (Å²) in [5.41, 5.74) is 3.71. The van der Waals surface area contributed by atoms with Crippen LogP contribution in [0.25, 0.3) is 11.0 Å². The van der Waals surface area contributed by atoms with Gasteiger partial charge in [0.15, 0.2) is 0 Å². The minimum atomic E-state index is -3.50. The van der Waals surface area contributed by atoms with Gasteiger partial charge in [0.2, 0.25) is 10.0 Å². The van der Waals surface area contributed by atoms with Gasteiger partial charge in [-0.3, -0.25) is 0 Å². The molecular weight excluding hydrogens is 310 g/mol. The Labute approximate surface area is 136 Å². The van der Waals surface area contributed by atoms with E-state index in [0.717, 1.165) is 22.2 Å². The predicted molar refractivity (Wildman–Crippen MR) is 90.8 cm³/mol. The minimum Gasteiger partial charge on any atom is -0.329 e. The first kappa shape index (κ1) is 15.7. The van der Waals surface area contributed by atoms with Crippen LogP contribution in [0.2, 0.25) is 0 Å². The van der Waals surface area contributed by atoms with E-state index in [-0.39, 0.29) is 0 Å². The summed E-state index contributed by atoms with van der Waals surface area (Å²) in [6.45, 7) is 4.60. The zero-order valence-electron chi connectivity index (χ0n) is 13.2. The fourth-order valence-corrected chi connectivity index (χ4v) is 3.91. The number of nitrogens with one attached hydrogen (secondary N) is 1. The van der Waals surface area contributed by atoms with Crippen LogP contribution in [0.3, 0.4) is 0 Å². The van der Waals surface area contributed by atoms with Gasteiger partial charge in [-0.25, -0.2) is 18.1 Å². The van der Waals surface area contributed by atoms with Crippen LogP contribution < -0.4 is 4.72 Å². The lowest BCUT2D eigenvalue weighted by atomic mass is 10.2. The third-order valence-electron chi connectivity index (χ3n) is 3.79. The lowest BCUT2D eigenvalue weighted by Crippen LogP contribution is -2.27. The monoisotopic (exact) mass is 329 g/mol. The summed E-state index contributed by atoms with van der Waals surface area (Å²) >= 11 is 0. The molecule has 0 saturated carbocycles.